The summed E-state index contributed by atoms with van der Waals surface area (Å²) >= 11 is 0. The van der Waals surface area contributed by atoms with Crippen molar-refractivity contribution in [3.63, 3.8) is 0 Å². The second kappa shape index (κ2) is 2.65. The number of rotatable bonds is 1. The number of phenols is 1. The van der Waals surface area contributed by atoms with Crippen molar-refractivity contribution in [3.8, 4) is 11.5 Å². The third-order valence-electron chi connectivity index (χ3n) is 1.30. The van der Waals surface area contributed by atoms with Gasteiger partial charge in [-0.1, -0.05) is 0 Å². The van der Waals surface area contributed by atoms with Gasteiger partial charge in [0, 0.05) is 12.1 Å². The van der Waals surface area contributed by atoms with Crippen LogP contribution in [0, 0.1) is 5.82 Å². The lowest BCUT2D eigenvalue weighted by Gasteiger charge is -2.04. The van der Waals surface area contributed by atoms with Gasteiger partial charge in [-0.25, -0.2) is 4.39 Å². The van der Waals surface area contributed by atoms with Crippen LogP contribution in [0.4, 0.5) is 10.1 Å². The number of halogens is 1. The minimum atomic E-state index is -0.679. The Balaban J connectivity index is 3.24. The highest BCUT2D eigenvalue weighted by Gasteiger charge is 2.06. The molecule has 0 aliphatic heterocycles. The van der Waals surface area contributed by atoms with Gasteiger partial charge in [-0.15, -0.1) is 0 Å². The van der Waals surface area contributed by atoms with Gasteiger partial charge in [0.2, 0.25) is 0 Å². The SMILES string of the molecule is COc1cc(O)cc(F)c1N. The Bertz CT molecular complexity index is 275. The second-order valence-electron chi connectivity index (χ2n) is 2.04. The number of methoxy groups -OCH3 is 1. The molecule has 60 valence electrons. The summed E-state index contributed by atoms with van der Waals surface area (Å²) in [5, 5.41) is 8.87. The first-order valence-corrected chi connectivity index (χ1v) is 2.97. The number of hydrogen-bond donors (Lipinski definition) is 2. The van der Waals surface area contributed by atoms with Crippen LogP contribution in [-0.4, -0.2) is 12.2 Å². The Morgan fingerprint density at radius 3 is 2.73 bits per heavy atom. The maximum Gasteiger partial charge on any atom is 0.153 e. The predicted octanol–water partition coefficient (Wildman–Crippen LogP) is 1.12. The number of phenolic OH excluding ortho intramolecular Hbond substituents is 1. The molecular formula is C7H8FNO2. The van der Waals surface area contributed by atoms with Crippen LogP contribution in [-0.2, 0) is 0 Å². The molecule has 0 heterocycles. The molecule has 4 heteroatoms. The highest BCUT2D eigenvalue weighted by Crippen LogP contribution is 2.28. The van der Waals surface area contributed by atoms with E-state index < -0.39 is 5.82 Å². The van der Waals surface area contributed by atoms with Gasteiger partial charge in [0.15, 0.2) is 5.82 Å². The molecule has 0 saturated carbocycles. The fraction of sp³-hybridized carbons (Fsp3) is 0.143. The first-order chi connectivity index (χ1) is 5.15. The monoisotopic (exact) mass is 157 g/mol. The van der Waals surface area contributed by atoms with Gasteiger partial charge in [-0.2, -0.15) is 0 Å². The molecule has 0 spiro atoms. The molecule has 3 N–H and O–H groups in total. The Hall–Kier alpha value is -1.45. The molecule has 0 atom stereocenters. The molecule has 0 unspecified atom stereocenters. The predicted molar refractivity (Wildman–Crippen MR) is 39.0 cm³/mol. The largest absolute Gasteiger partial charge is 0.508 e. The standard InChI is InChI=1S/C7H8FNO2/c1-11-6-3-4(10)2-5(8)7(6)9/h2-3,10H,9H2,1H3. The van der Waals surface area contributed by atoms with E-state index in [0.717, 1.165) is 6.07 Å². The number of nitrogens with two attached hydrogens (primary N) is 1. The van der Waals surface area contributed by atoms with Crippen LogP contribution in [0.15, 0.2) is 12.1 Å². The van der Waals surface area contributed by atoms with Crippen LogP contribution in [0.1, 0.15) is 0 Å². The van der Waals surface area contributed by atoms with Gasteiger partial charge in [0.25, 0.3) is 0 Å². The van der Waals surface area contributed by atoms with Crippen LogP contribution >= 0.6 is 0 Å². The molecule has 3 nitrogen and oxygen atoms in total. The summed E-state index contributed by atoms with van der Waals surface area (Å²) < 4.78 is 17.3. The fourth-order valence-electron chi connectivity index (χ4n) is 0.748. The number of ether oxygens (including phenoxy) is 1. The molecule has 0 saturated heterocycles. The molecule has 0 radical (unpaired) electrons. The van der Waals surface area contributed by atoms with Crippen molar-refractivity contribution in [3.05, 3.63) is 17.9 Å². The van der Waals surface area contributed by atoms with Crippen molar-refractivity contribution in [1.29, 1.82) is 0 Å². The van der Waals surface area contributed by atoms with Gasteiger partial charge in [-0.05, 0) is 0 Å². The van der Waals surface area contributed by atoms with E-state index in [9.17, 15) is 4.39 Å². The van der Waals surface area contributed by atoms with Crippen LogP contribution in [0.3, 0.4) is 0 Å². The zero-order valence-corrected chi connectivity index (χ0v) is 5.97. The topological polar surface area (TPSA) is 55.5 Å². The molecule has 0 fully saturated rings. The minimum absolute atomic E-state index is 0.0923. The van der Waals surface area contributed by atoms with Crippen molar-refractivity contribution in [1.82, 2.24) is 0 Å². The maximum absolute atomic E-state index is 12.7. The van der Waals surface area contributed by atoms with Crippen LogP contribution in [0.5, 0.6) is 11.5 Å². The summed E-state index contributed by atoms with van der Waals surface area (Å²) in [6, 6.07) is 2.18. The van der Waals surface area contributed by atoms with E-state index in [2.05, 4.69) is 4.74 Å². The normalized spacial score (nSPS) is 9.64. The third-order valence-corrected chi connectivity index (χ3v) is 1.30. The summed E-state index contributed by atoms with van der Waals surface area (Å²) in [6.45, 7) is 0. The molecule has 1 aromatic carbocycles. The van der Waals surface area contributed by atoms with E-state index >= 15 is 0 Å². The van der Waals surface area contributed by atoms with Crippen molar-refractivity contribution < 1.29 is 14.2 Å². The molecule has 11 heavy (non-hydrogen) atoms. The highest BCUT2D eigenvalue weighted by atomic mass is 19.1. The zero-order chi connectivity index (χ0) is 8.43. The van der Waals surface area contributed by atoms with Gasteiger partial charge in [-0.3, -0.25) is 0 Å². The summed E-state index contributed by atoms with van der Waals surface area (Å²) in [5.74, 6) is -0.738. The number of nitrogen functional groups attached to an aromatic ring is 1. The van der Waals surface area contributed by atoms with Gasteiger partial charge in [0.05, 0.1) is 7.11 Å². The van der Waals surface area contributed by atoms with E-state index in [1.165, 1.54) is 13.2 Å². The Kier molecular flexibility index (Phi) is 1.85. The number of benzene rings is 1. The fourth-order valence-corrected chi connectivity index (χ4v) is 0.748. The number of anilines is 1. The van der Waals surface area contributed by atoms with E-state index in [1.807, 2.05) is 0 Å². The first kappa shape index (κ1) is 7.65. The molecule has 0 aliphatic rings. The smallest absolute Gasteiger partial charge is 0.153 e. The lowest BCUT2D eigenvalue weighted by atomic mass is 10.2. The van der Waals surface area contributed by atoms with E-state index in [1.54, 1.807) is 0 Å². The van der Waals surface area contributed by atoms with Gasteiger partial charge < -0.3 is 15.6 Å². The van der Waals surface area contributed by atoms with E-state index in [-0.39, 0.29) is 17.2 Å². The second-order valence-corrected chi connectivity index (χ2v) is 2.04. The van der Waals surface area contributed by atoms with Crippen molar-refractivity contribution >= 4 is 5.69 Å². The lowest BCUT2D eigenvalue weighted by molar-refractivity contribution is 0.405. The van der Waals surface area contributed by atoms with Crippen molar-refractivity contribution in [2.24, 2.45) is 0 Å². The van der Waals surface area contributed by atoms with E-state index in [4.69, 9.17) is 10.8 Å². The number of aromatic hydroxyl groups is 1. The van der Waals surface area contributed by atoms with Crippen LogP contribution in [0.25, 0.3) is 0 Å². The Morgan fingerprint density at radius 2 is 2.18 bits per heavy atom. The molecule has 0 amide bonds. The van der Waals surface area contributed by atoms with Crippen LogP contribution < -0.4 is 10.5 Å². The first-order valence-electron chi connectivity index (χ1n) is 2.97. The third kappa shape index (κ3) is 1.34. The summed E-state index contributed by atoms with van der Waals surface area (Å²) in [6.07, 6.45) is 0. The molecule has 1 rings (SSSR count). The lowest BCUT2D eigenvalue weighted by Crippen LogP contribution is -1.95. The Morgan fingerprint density at radius 1 is 1.55 bits per heavy atom. The molecule has 0 aliphatic carbocycles. The van der Waals surface area contributed by atoms with Gasteiger partial charge >= 0.3 is 0 Å². The summed E-state index contributed by atoms with van der Waals surface area (Å²) in [7, 11) is 1.35. The molecular weight excluding hydrogens is 149 g/mol. The quantitative estimate of drug-likeness (QED) is 0.474. The van der Waals surface area contributed by atoms with Crippen molar-refractivity contribution in [2.45, 2.75) is 0 Å². The van der Waals surface area contributed by atoms with Crippen LogP contribution in [0.2, 0.25) is 0 Å². The minimum Gasteiger partial charge on any atom is -0.508 e. The molecule has 0 bridgehead atoms. The molecule has 0 aromatic heterocycles. The summed E-state index contributed by atoms with van der Waals surface area (Å²) in [5.41, 5.74) is 5.16. The van der Waals surface area contributed by atoms with Gasteiger partial charge in [0.1, 0.15) is 17.2 Å². The average molecular weight is 157 g/mol. The summed E-state index contributed by atoms with van der Waals surface area (Å²) in [4.78, 5) is 0. The number of hydrogen-bond acceptors (Lipinski definition) is 3. The highest BCUT2D eigenvalue weighted by molar-refractivity contribution is 5.56. The zero-order valence-electron chi connectivity index (χ0n) is 5.97. The van der Waals surface area contributed by atoms with E-state index in [0.29, 0.717) is 0 Å². The average Bonchev–Trinajstić information content (AvgIpc) is 1.96. The Labute approximate surface area is 63.2 Å². The maximum atomic E-state index is 12.7. The van der Waals surface area contributed by atoms with Crippen molar-refractivity contribution in [2.75, 3.05) is 12.8 Å². The molecule has 1 aromatic rings.